The topological polar surface area (TPSA) is 166 Å². The van der Waals surface area contributed by atoms with E-state index in [1.807, 2.05) is 0 Å². The molecular weight excluding hydrogens is 474 g/mol. The molecule has 3 heterocycles. The molecule has 2 aliphatic heterocycles. The van der Waals surface area contributed by atoms with Gasteiger partial charge in [-0.3, -0.25) is 40.9 Å². The molecule has 0 fully saturated rings. The van der Waals surface area contributed by atoms with Crippen molar-refractivity contribution < 1.29 is 38.1 Å². The zero-order chi connectivity index (χ0) is 25.1. The molecule has 0 spiro atoms. The van der Waals surface area contributed by atoms with Gasteiger partial charge in [-0.1, -0.05) is 6.07 Å². The van der Waals surface area contributed by atoms with Crippen molar-refractivity contribution in [2.45, 2.75) is 0 Å². The Morgan fingerprint density at radius 2 is 0.972 bits per heavy atom. The van der Waals surface area contributed by atoms with E-state index in [2.05, 4.69) is 26.7 Å². The minimum Gasteiger partial charge on any atom is -0.454 e. The van der Waals surface area contributed by atoms with Crippen LogP contribution in [0, 0.1) is 0 Å². The lowest BCUT2D eigenvalue weighted by molar-refractivity contribution is 0.0836. The van der Waals surface area contributed by atoms with Crippen LogP contribution in [0.2, 0.25) is 0 Å². The smallest absolute Gasteiger partial charge is 0.288 e. The fourth-order valence-electron chi connectivity index (χ4n) is 3.26. The van der Waals surface area contributed by atoms with Gasteiger partial charge < -0.3 is 18.9 Å². The molecule has 4 amide bonds. The molecule has 1 aromatic heterocycles. The lowest BCUT2D eigenvalue weighted by atomic mass is 10.2. The van der Waals surface area contributed by atoms with Crippen LogP contribution >= 0.6 is 0 Å². The summed E-state index contributed by atoms with van der Waals surface area (Å²) in [4.78, 5) is 53.5. The molecule has 13 nitrogen and oxygen atoms in total. The first-order chi connectivity index (χ1) is 17.5. The van der Waals surface area contributed by atoms with Crippen LogP contribution in [0.25, 0.3) is 0 Å². The molecule has 0 bridgehead atoms. The maximum atomic E-state index is 12.4. The van der Waals surface area contributed by atoms with Crippen molar-refractivity contribution in [2.24, 2.45) is 0 Å². The summed E-state index contributed by atoms with van der Waals surface area (Å²) in [5, 5.41) is 0. The summed E-state index contributed by atoms with van der Waals surface area (Å²) in [5.41, 5.74) is 9.16. The van der Waals surface area contributed by atoms with Crippen molar-refractivity contribution in [3.63, 3.8) is 0 Å². The van der Waals surface area contributed by atoms with Gasteiger partial charge in [0.2, 0.25) is 13.6 Å². The summed E-state index contributed by atoms with van der Waals surface area (Å²) >= 11 is 0. The largest absolute Gasteiger partial charge is 0.454 e. The average Bonchev–Trinajstić information content (AvgIpc) is 3.58. The summed E-state index contributed by atoms with van der Waals surface area (Å²) in [6, 6.07) is 13.3. The fraction of sp³-hybridized carbons (Fsp3) is 0.0870. The van der Waals surface area contributed by atoms with Crippen LogP contribution in [0.4, 0.5) is 0 Å². The first-order valence-electron chi connectivity index (χ1n) is 10.5. The van der Waals surface area contributed by atoms with Gasteiger partial charge in [-0.25, -0.2) is 4.98 Å². The Bertz CT molecular complexity index is 1290. The van der Waals surface area contributed by atoms with E-state index in [0.29, 0.717) is 23.0 Å². The standard InChI is InChI=1S/C23H17N5O8/c29-20(12-4-6-16-18(8-12)35-10-33-16)25-27-22(31)14-2-1-3-15(24-14)23(32)28-26-21(30)13-5-7-17-19(9-13)36-11-34-17/h1-9H,10-11H2,(H,25,29)(H,26,30)(H,27,31)(H,28,32). The summed E-state index contributed by atoms with van der Waals surface area (Å²) in [6.45, 7) is 0.129. The van der Waals surface area contributed by atoms with E-state index in [0.717, 1.165) is 0 Å². The number of pyridine rings is 1. The molecule has 0 radical (unpaired) electrons. The second kappa shape index (κ2) is 9.50. The normalized spacial score (nSPS) is 12.4. The first kappa shape index (κ1) is 22.5. The van der Waals surface area contributed by atoms with Crippen LogP contribution in [-0.2, 0) is 0 Å². The number of carbonyl (C=O) groups excluding carboxylic acids is 4. The van der Waals surface area contributed by atoms with Crippen molar-refractivity contribution in [2.75, 3.05) is 13.6 Å². The van der Waals surface area contributed by atoms with Gasteiger partial charge in [0.25, 0.3) is 23.6 Å². The highest BCUT2D eigenvalue weighted by Crippen LogP contribution is 2.33. The Morgan fingerprint density at radius 3 is 1.44 bits per heavy atom. The van der Waals surface area contributed by atoms with Gasteiger partial charge in [-0.2, -0.15) is 0 Å². The number of rotatable bonds is 4. The first-order valence-corrected chi connectivity index (χ1v) is 10.5. The van der Waals surface area contributed by atoms with Crippen molar-refractivity contribution in [3.05, 3.63) is 77.1 Å². The number of nitrogens with one attached hydrogen (secondary N) is 4. The fourth-order valence-corrected chi connectivity index (χ4v) is 3.26. The third-order valence-corrected chi connectivity index (χ3v) is 5.06. The van der Waals surface area contributed by atoms with Gasteiger partial charge >= 0.3 is 0 Å². The van der Waals surface area contributed by atoms with E-state index in [1.54, 1.807) is 12.1 Å². The van der Waals surface area contributed by atoms with E-state index in [4.69, 9.17) is 18.9 Å². The number of fused-ring (bicyclic) bond motifs is 2. The number of hydrogen-bond acceptors (Lipinski definition) is 9. The zero-order valence-corrected chi connectivity index (χ0v) is 18.3. The van der Waals surface area contributed by atoms with Gasteiger partial charge in [0.1, 0.15) is 11.4 Å². The Balaban J connectivity index is 1.16. The molecule has 0 saturated carbocycles. The van der Waals surface area contributed by atoms with Crippen LogP contribution < -0.4 is 40.7 Å². The third kappa shape index (κ3) is 4.65. The highest BCUT2D eigenvalue weighted by Gasteiger charge is 2.19. The molecule has 13 heteroatoms. The SMILES string of the molecule is O=C(NNC(=O)c1cccc(C(=O)NNC(=O)c2ccc3c(c2)OCO3)n1)c1ccc2c(c1)OCO2. The number of carbonyl (C=O) groups is 4. The van der Waals surface area contributed by atoms with E-state index < -0.39 is 23.6 Å². The maximum Gasteiger partial charge on any atom is 0.288 e. The van der Waals surface area contributed by atoms with Gasteiger partial charge in [-0.15, -0.1) is 0 Å². The molecule has 5 rings (SSSR count). The van der Waals surface area contributed by atoms with E-state index >= 15 is 0 Å². The summed E-state index contributed by atoms with van der Waals surface area (Å²) < 4.78 is 20.8. The number of nitrogens with zero attached hydrogens (tertiary/aromatic N) is 1. The minimum atomic E-state index is -0.761. The van der Waals surface area contributed by atoms with E-state index in [9.17, 15) is 19.2 Å². The Hall–Kier alpha value is -5.33. The molecular formula is C23H17N5O8. The number of benzene rings is 2. The predicted molar refractivity (Wildman–Crippen MR) is 119 cm³/mol. The zero-order valence-electron chi connectivity index (χ0n) is 18.3. The second-order valence-corrected chi connectivity index (χ2v) is 7.36. The molecule has 0 aliphatic carbocycles. The van der Waals surface area contributed by atoms with Crippen molar-refractivity contribution in [1.82, 2.24) is 26.7 Å². The van der Waals surface area contributed by atoms with E-state index in [-0.39, 0.29) is 36.1 Å². The third-order valence-electron chi connectivity index (χ3n) is 5.06. The second-order valence-electron chi connectivity index (χ2n) is 7.36. The van der Waals surface area contributed by atoms with Crippen molar-refractivity contribution >= 4 is 23.6 Å². The average molecular weight is 491 g/mol. The van der Waals surface area contributed by atoms with E-state index in [1.165, 1.54) is 42.5 Å². The summed E-state index contributed by atoms with van der Waals surface area (Å²) in [5.74, 6) is -0.848. The van der Waals surface area contributed by atoms with Gasteiger partial charge in [0.15, 0.2) is 23.0 Å². The predicted octanol–water partition coefficient (Wildman–Crippen LogP) is 0.689. The molecule has 2 aromatic carbocycles. The molecule has 0 atom stereocenters. The number of aromatic nitrogens is 1. The number of hydrazine groups is 2. The van der Waals surface area contributed by atoms with Crippen LogP contribution in [0.3, 0.4) is 0 Å². The monoisotopic (exact) mass is 491 g/mol. The van der Waals surface area contributed by atoms with Gasteiger partial charge in [-0.05, 0) is 48.5 Å². The van der Waals surface area contributed by atoms with Crippen LogP contribution in [-0.4, -0.2) is 42.2 Å². The van der Waals surface area contributed by atoms with Crippen LogP contribution in [0.1, 0.15) is 41.7 Å². The Morgan fingerprint density at radius 1 is 0.556 bits per heavy atom. The molecule has 2 aliphatic rings. The van der Waals surface area contributed by atoms with Crippen molar-refractivity contribution in [3.8, 4) is 23.0 Å². The number of ether oxygens (including phenoxy) is 4. The molecule has 0 saturated heterocycles. The quantitative estimate of drug-likeness (QED) is 0.384. The lowest BCUT2D eigenvalue weighted by Gasteiger charge is -2.09. The Kier molecular flexibility index (Phi) is 5.93. The Labute approximate surface area is 202 Å². The van der Waals surface area contributed by atoms with Crippen LogP contribution in [0.15, 0.2) is 54.6 Å². The van der Waals surface area contributed by atoms with Crippen molar-refractivity contribution in [1.29, 1.82) is 0 Å². The molecule has 182 valence electrons. The summed E-state index contributed by atoms with van der Waals surface area (Å²) in [6.07, 6.45) is 0. The highest BCUT2D eigenvalue weighted by molar-refractivity contribution is 6.01. The molecule has 4 N–H and O–H groups in total. The molecule has 0 unspecified atom stereocenters. The van der Waals surface area contributed by atoms with Gasteiger partial charge in [0.05, 0.1) is 0 Å². The molecule has 3 aromatic rings. The number of hydrogen-bond donors (Lipinski definition) is 4. The maximum absolute atomic E-state index is 12.4. The molecule has 36 heavy (non-hydrogen) atoms. The van der Waals surface area contributed by atoms with Gasteiger partial charge in [0, 0.05) is 11.1 Å². The number of amides is 4. The summed E-state index contributed by atoms with van der Waals surface area (Å²) in [7, 11) is 0. The minimum absolute atomic E-state index is 0.0643. The highest BCUT2D eigenvalue weighted by atomic mass is 16.7. The van der Waals surface area contributed by atoms with Crippen LogP contribution in [0.5, 0.6) is 23.0 Å². The lowest BCUT2D eigenvalue weighted by Crippen LogP contribution is -2.43.